The van der Waals surface area contributed by atoms with Gasteiger partial charge in [0.15, 0.2) is 11.3 Å². The van der Waals surface area contributed by atoms with Crippen LogP contribution in [-0.2, 0) is 0 Å². The van der Waals surface area contributed by atoms with E-state index in [1.165, 1.54) is 10.7 Å². The molecular weight excluding hydrogens is 444 g/mol. The highest BCUT2D eigenvalue weighted by Crippen LogP contribution is 2.21. The Bertz CT molecular complexity index is 1170. The number of aliphatic hydroxyl groups is 4. The molecule has 184 valence electrons. The molecule has 0 saturated heterocycles. The van der Waals surface area contributed by atoms with E-state index in [4.69, 9.17) is 31.9 Å². The summed E-state index contributed by atoms with van der Waals surface area (Å²) in [5, 5.41) is 44.3. The standard InChI is InChI=1S/2C10H15N5O2/c11-9-1-2-12-10-8(7-13-15(9)10)14(3-5-16)4-6-17;11-8-7-13-15-9(1-2-12-10(8)15)14(3-5-16)4-6-17/h2*1-2,7,16-17H,3-6,11H2. The largest absolute Gasteiger partial charge is 0.395 e. The highest BCUT2D eigenvalue weighted by molar-refractivity contribution is 5.69. The number of hydrogen-bond acceptors (Lipinski definition) is 12. The average Bonchev–Trinajstić information content (AvgIpc) is 3.44. The van der Waals surface area contributed by atoms with Crippen molar-refractivity contribution in [3.05, 3.63) is 36.9 Å². The monoisotopic (exact) mass is 474 g/mol. The van der Waals surface area contributed by atoms with Crippen LogP contribution in [0.3, 0.4) is 0 Å². The van der Waals surface area contributed by atoms with Crippen molar-refractivity contribution in [1.29, 1.82) is 0 Å². The first-order valence-electron chi connectivity index (χ1n) is 10.7. The van der Waals surface area contributed by atoms with Gasteiger partial charge < -0.3 is 41.7 Å². The highest BCUT2D eigenvalue weighted by Gasteiger charge is 2.14. The molecule has 14 heteroatoms. The molecule has 4 rings (SSSR count). The summed E-state index contributed by atoms with van der Waals surface area (Å²) >= 11 is 0. The van der Waals surface area contributed by atoms with E-state index in [1.807, 2.05) is 9.80 Å². The Morgan fingerprint density at radius 2 is 1.26 bits per heavy atom. The molecule has 14 nitrogen and oxygen atoms in total. The third kappa shape index (κ3) is 5.43. The summed E-state index contributed by atoms with van der Waals surface area (Å²) in [4.78, 5) is 12.0. The molecule has 4 aromatic heterocycles. The lowest BCUT2D eigenvalue weighted by Gasteiger charge is -2.22. The van der Waals surface area contributed by atoms with Crippen LogP contribution in [0.15, 0.2) is 36.9 Å². The molecule has 0 saturated carbocycles. The minimum absolute atomic E-state index is 0.000342. The summed E-state index contributed by atoms with van der Waals surface area (Å²) in [5.74, 6) is 1.24. The molecule has 0 spiro atoms. The second kappa shape index (κ2) is 11.9. The van der Waals surface area contributed by atoms with Crippen LogP contribution in [0, 0.1) is 0 Å². The van der Waals surface area contributed by atoms with Crippen molar-refractivity contribution in [2.45, 2.75) is 0 Å². The van der Waals surface area contributed by atoms with Crippen LogP contribution >= 0.6 is 0 Å². The molecular formula is C20H30N10O4. The number of hydrogen-bond donors (Lipinski definition) is 6. The zero-order valence-corrected chi connectivity index (χ0v) is 18.6. The number of nitrogen functional groups attached to an aromatic ring is 2. The van der Waals surface area contributed by atoms with Crippen LogP contribution in [0.25, 0.3) is 11.3 Å². The first-order chi connectivity index (χ1) is 16.5. The van der Waals surface area contributed by atoms with Crippen molar-refractivity contribution in [2.24, 2.45) is 0 Å². The van der Waals surface area contributed by atoms with Gasteiger partial charge in [0.2, 0.25) is 0 Å². The van der Waals surface area contributed by atoms with E-state index >= 15 is 0 Å². The summed E-state index contributed by atoms with van der Waals surface area (Å²) in [6.07, 6.45) is 6.39. The Morgan fingerprint density at radius 3 is 1.91 bits per heavy atom. The summed E-state index contributed by atoms with van der Waals surface area (Å²) in [6.45, 7) is 1.66. The van der Waals surface area contributed by atoms with Crippen molar-refractivity contribution in [3.63, 3.8) is 0 Å². The van der Waals surface area contributed by atoms with Crippen molar-refractivity contribution < 1.29 is 20.4 Å². The fourth-order valence-electron chi connectivity index (χ4n) is 3.43. The molecule has 0 radical (unpaired) electrons. The Kier molecular flexibility index (Phi) is 8.75. The number of nitrogens with zero attached hydrogens (tertiary/aromatic N) is 8. The first kappa shape index (κ1) is 24.9. The van der Waals surface area contributed by atoms with Gasteiger partial charge >= 0.3 is 0 Å². The normalized spacial score (nSPS) is 10.9. The quantitative estimate of drug-likeness (QED) is 0.151. The van der Waals surface area contributed by atoms with E-state index in [9.17, 15) is 0 Å². The molecule has 0 aromatic carbocycles. The summed E-state index contributed by atoms with van der Waals surface area (Å²) in [7, 11) is 0. The molecule has 0 bridgehead atoms. The SMILES string of the molecule is Nc1ccnc2c(N(CCO)CCO)cnn12.Nc1cnn2c(N(CCO)CCO)ccnc12. The molecule has 8 N–H and O–H groups in total. The van der Waals surface area contributed by atoms with E-state index in [2.05, 4.69) is 20.2 Å². The number of nitrogens with two attached hydrogens (primary N) is 2. The van der Waals surface area contributed by atoms with Crippen LogP contribution in [0.1, 0.15) is 0 Å². The molecule has 0 fully saturated rings. The topological polar surface area (TPSA) is 200 Å². The molecule has 34 heavy (non-hydrogen) atoms. The molecule has 0 aliphatic rings. The maximum Gasteiger partial charge on any atom is 0.180 e. The fraction of sp³-hybridized carbons (Fsp3) is 0.400. The van der Waals surface area contributed by atoms with Crippen molar-refractivity contribution in [2.75, 3.05) is 73.9 Å². The summed E-state index contributed by atoms with van der Waals surface area (Å²) in [6, 6.07) is 3.43. The molecule has 0 atom stereocenters. The van der Waals surface area contributed by atoms with E-state index in [0.29, 0.717) is 49.0 Å². The van der Waals surface area contributed by atoms with Gasteiger partial charge in [-0.2, -0.15) is 19.2 Å². The number of aliphatic hydroxyl groups excluding tert-OH is 4. The zero-order chi connectivity index (χ0) is 24.5. The van der Waals surface area contributed by atoms with Gasteiger partial charge in [-0.3, -0.25) is 0 Å². The smallest absolute Gasteiger partial charge is 0.180 e. The van der Waals surface area contributed by atoms with E-state index in [0.717, 1.165) is 11.5 Å². The van der Waals surface area contributed by atoms with E-state index in [-0.39, 0.29) is 26.4 Å². The van der Waals surface area contributed by atoms with E-state index < -0.39 is 0 Å². The second-order valence-electron chi connectivity index (χ2n) is 7.14. The van der Waals surface area contributed by atoms with Crippen molar-refractivity contribution in [3.8, 4) is 0 Å². The maximum atomic E-state index is 9.01. The predicted octanol–water partition coefficient (Wildman–Crippen LogP) is -1.79. The number of aromatic nitrogens is 6. The van der Waals surface area contributed by atoms with Crippen LogP contribution in [-0.4, -0.2) is 102 Å². The highest BCUT2D eigenvalue weighted by atomic mass is 16.3. The third-order valence-electron chi connectivity index (χ3n) is 4.96. The molecule has 0 unspecified atom stereocenters. The van der Waals surface area contributed by atoms with Gasteiger partial charge in [0, 0.05) is 38.6 Å². The Balaban J connectivity index is 0.000000191. The minimum atomic E-state index is -0.000342. The molecule has 4 aromatic rings. The number of fused-ring (bicyclic) bond motifs is 2. The Labute approximate surface area is 195 Å². The van der Waals surface area contributed by atoms with E-state index in [1.54, 1.807) is 35.2 Å². The van der Waals surface area contributed by atoms with Gasteiger partial charge in [-0.15, -0.1) is 0 Å². The van der Waals surface area contributed by atoms with Gasteiger partial charge in [0.25, 0.3) is 0 Å². The molecule has 0 aliphatic heterocycles. The van der Waals surface area contributed by atoms with Crippen molar-refractivity contribution in [1.82, 2.24) is 29.2 Å². The van der Waals surface area contributed by atoms with Crippen molar-refractivity contribution >= 4 is 34.3 Å². The van der Waals surface area contributed by atoms with Gasteiger partial charge in [-0.05, 0) is 12.1 Å². The summed E-state index contributed by atoms with van der Waals surface area (Å²) < 4.78 is 3.12. The average molecular weight is 475 g/mol. The molecule has 0 amide bonds. The first-order valence-corrected chi connectivity index (χ1v) is 10.7. The van der Waals surface area contributed by atoms with Gasteiger partial charge in [0.05, 0.1) is 44.5 Å². The lowest BCUT2D eigenvalue weighted by atomic mass is 10.4. The van der Waals surface area contributed by atoms with Crippen LogP contribution in [0.2, 0.25) is 0 Å². The van der Waals surface area contributed by atoms with Gasteiger partial charge in [0.1, 0.15) is 17.3 Å². The van der Waals surface area contributed by atoms with Gasteiger partial charge in [-0.1, -0.05) is 0 Å². The van der Waals surface area contributed by atoms with Gasteiger partial charge in [-0.25, -0.2) is 9.97 Å². The Morgan fingerprint density at radius 1 is 0.706 bits per heavy atom. The fourth-order valence-corrected chi connectivity index (χ4v) is 3.43. The molecule has 0 aliphatic carbocycles. The molecule has 4 heterocycles. The minimum Gasteiger partial charge on any atom is -0.395 e. The summed E-state index contributed by atoms with van der Waals surface area (Å²) in [5.41, 5.74) is 13.9. The Hall–Kier alpha value is -3.72. The maximum absolute atomic E-state index is 9.01. The lowest BCUT2D eigenvalue weighted by molar-refractivity contribution is 0.280. The van der Waals surface area contributed by atoms with Crippen LogP contribution < -0.4 is 21.3 Å². The number of rotatable bonds is 10. The third-order valence-corrected chi connectivity index (χ3v) is 4.96. The van der Waals surface area contributed by atoms with Crippen LogP contribution in [0.5, 0.6) is 0 Å². The zero-order valence-electron chi connectivity index (χ0n) is 18.6. The number of anilines is 4. The predicted molar refractivity (Wildman–Crippen MR) is 128 cm³/mol. The van der Waals surface area contributed by atoms with Crippen LogP contribution in [0.4, 0.5) is 23.0 Å². The second-order valence-corrected chi connectivity index (χ2v) is 7.14. The lowest BCUT2D eigenvalue weighted by Crippen LogP contribution is -2.31.